The van der Waals surface area contributed by atoms with Crippen LogP contribution in [0.3, 0.4) is 0 Å². The van der Waals surface area contributed by atoms with Crippen LogP contribution in [0.2, 0.25) is 0 Å². The first-order valence-corrected chi connectivity index (χ1v) is 10.2. The number of fused-ring (bicyclic) bond motifs is 1. The number of hydrogen-bond acceptors (Lipinski definition) is 6. The zero-order chi connectivity index (χ0) is 19.6. The number of carbonyl (C=O) groups excluding carboxylic acids is 1. The molecule has 1 N–H and O–H groups in total. The highest BCUT2D eigenvalue weighted by Crippen LogP contribution is 2.31. The molecule has 0 unspecified atom stereocenters. The summed E-state index contributed by atoms with van der Waals surface area (Å²) in [6, 6.07) is 4.52. The second-order valence-electron chi connectivity index (χ2n) is 5.50. The summed E-state index contributed by atoms with van der Waals surface area (Å²) in [7, 11) is -2.23. The van der Waals surface area contributed by atoms with E-state index < -0.39 is 21.8 Å². The van der Waals surface area contributed by atoms with Gasteiger partial charge in [-0.25, -0.2) is 22.6 Å². The number of ether oxygens (including phenoxy) is 1. The number of thiophene rings is 1. The van der Waals surface area contributed by atoms with Crippen LogP contribution < -0.4 is 4.72 Å². The van der Waals surface area contributed by atoms with Crippen molar-refractivity contribution in [3.8, 4) is 0 Å². The molecule has 142 valence electrons. The van der Waals surface area contributed by atoms with Gasteiger partial charge in [0.2, 0.25) is 0 Å². The molecule has 0 saturated carbocycles. The zero-order valence-corrected chi connectivity index (χ0v) is 16.1. The molecule has 2 heterocycles. The van der Waals surface area contributed by atoms with Gasteiger partial charge in [0.05, 0.1) is 24.1 Å². The van der Waals surface area contributed by atoms with Crippen molar-refractivity contribution in [2.24, 2.45) is 7.05 Å². The number of carbonyl (C=O) groups is 1. The summed E-state index contributed by atoms with van der Waals surface area (Å²) in [5.74, 6) is -1.40. The Kier molecular flexibility index (Phi) is 5.29. The summed E-state index contributed by atoms with van der Waals surface area (Å²) < 4.78 is 49.0. The largest absolute Gasteiger partial charge is 0.463 e. The number of hydrogen-bond donors (Lipinski definition) is 1. The molecule has 2 aromatic heterocycles. The molecule has 0 spiro atoms. The molecule has 0 bridgehead atoms. The van der Waals surface area contributed by atoms with Crippen molar-refractivity contribution in [3.63, 3.8) is 0 Å². The topological polar surface area (TPSA) is 90.3 Å². The highest BCUT2D eigenvalue weighted by atomic mass is 32.2. The van der Waals surface area contributed by atoms with E-state index >= 15 is 0 Å². The number of anilines is 1. The Balaban J connectivity index is 2.12. The van der Waals surface area contributed by atoms with Crippen molar-refractivity contribution in [1.29, 1.82) is 0 Å². The Morgan fingerprint density at radius 2 is 2.26 bits per heavy atom. The van der Waals surface area contributed by atoms with Crippen LogP contribution in [0.25, 0.3) is 17.1 Å². The summed E-state index contributed by atoms with van der Waals surface area (Å²) >= 11 is 1.04. The molecule has 0 amide bonds. The Morgan fingerprint density at radius 3 is 2.93 bits per heavy atom. The molecule has 10 heteroatoms. The third-order valence-electron chi connectivity index (χ3n) is 3.68. The first-order chi connectivity index (χ1) is 12.8. The standard InChI is InChI=1S/C17H16FN3O4S2/c1-3-25-14(22)7-6-11-12(20-27(23,24)15-5-4-8-26-15)9-13-17(16(11)18)19-10-21(13)2/h4-10,20H,3H2,1-2H3/b7-6+. The first-order valence-electron chi connectivity index (χ1n) is 7.88. The van der Waals surface area contributed by atoms with Crippen molar-refractivity contribution >= 4 is 50.1 Å². The van der Waals surface area contributed by atoms with Crippen LogP contribution in [-0.4, -0.2) is 30.5 Å². The molecule has 27 heavy (non-hydrogen) atoms. The number of rotatable bonds is 6. The maximum absolute atomic E-state index is 15.0. The number of benzene rings is 1. The quantitative estimate of drug-likeness (QED) is 0.499. The van der Waals surface area contributed by atoms with Crippen molar-refractivity contribution in [2.75, 3.05) is 11.3 Å². The van der Waals surface area contributed by atoms with Gasteiger partial charge >= 0.3 is 5.97 Å². The van der Waals surface area contributed by atoms with Gasteiger partial charge < -0.3 is 9.30 Å². The predicted molar refractivity (Wildman–Crippen MR) is 101 cm³/mol. The molecule has 0 atom stereocenters. The summed E-state index contributed by atoms with van der Waals surface area (Å²) in [6.45, 7) is 1.82. The number of nitrogens with one attached hydrogen (secondary N) is 1. The van der Waals surface area contributed by atoms with Gasteiger partial charge in [-0.1, -0.05) is 6.07 Å². The fraction of sp³-hybridized carbons (Fsp3) is 0.176. The van der Waals surface area contributed by atoms with Gasteiger partial charge in [-0.3, -0.25) is 4.72 Å². The Bertz CT molecular complexity index is 1120. The number of aryl methyl sites for hydroxylation is 1. The van der Waals surface area contributed by atoms with E-state index in [4.69, 9.17) is 4.74 Å². The fourth-order valence-electron chi connectivity index (χ4n) is 2.44. The summed E-state index contributed by atoms with van der Waals surface area (Å²) in [4.78, 5) is 15.6. The maximum atomic E-state index is 15.0. The zero-order valence-electron chi connectivity index (χ0n) is 14.5. The lowest BCUT2D eigenvalue weighted by Crippen LogP contribution is -2.13. The molecular weight excluding hydrogens is 393 g/mol. The first kappa shape index (κ1) is 19.1. The molecule has 1 aromatic carbocycles. The smallest absolute Gasteiger partial charge is 0.330 e. The lowest BCUT2D eigenvalue weighted by atomic mass is 10.1. The third kappa shape index (κ3) is 3.86. The van der Waals surface area contributed by atoms with E-state index in [1.807, 2.05) is 0 Å². The van der Waals surface area contributed by atoms with Gasteiger partial charge in [0, 0.05) is 18.7 Å². The lowest BCUT2D eigenvalue weighted by Gasteiger charge is -2.11. The number of esters is 1. The van der Waals surface area contributed by atoms with Crippen molar-refractivity contribution < 1.29 is 22.3 Å². The van der Waals surface area contributed by atoms with Crippen LogP contribution in [0.15, 0.2) is 40.2 Å². The van der Waals surface area contributed by atoms with Gasteiger partial charge in [0.25, 0.3) is 10.0 Å². The molecule has 3 aromatic rings. The minimum Gasteiger partial charge on any atom is -0.463 e. The van der Waals surface area contributed by atoms with Crippen molar-refractivity contribution in [3.05, 3.63) is 47.4 Å². The van der Waals surface area contributed by atoms with Crippen LogP contribution in [0.4, 0.5) is 10.1 Å². The van der Waals surface area contributed by atoms with E-state index in [2.05, 4.69) is 9.71 Å². The second-order valence-corrected chi connectivity index (χ2v) is 8.35. The van der Waals surface area contributed by atoms with Crippen LogP contribution >= 0.6 is 11.3 Å². The normalized spacial score (nSPS) is 12.0. The maximum Gasteiger partial charge on any atom is 0.330 e. The van der Waals surface area contributed by atoms with Crippen molar-refractivity contribution in [2.45, 2.75) is 11.1 Å². The molecule has 0 saturated heterocycles. The summed E-state index contributed by atoms with van der Waals surface area (Å²) in [6.07, 6.45) is 3.64. The van der Waals surface area contributed by atoms with E-state index in [-0.39, 0.29) is 27.6 Å². The van der Waals surface area contributed by atoms with Crippen LogP contribution in [0, 0.1) is 5.82 Å². The average Bonchev–Trinajstić information content (AvgIpc) is 3.26. The predicted octanol–water partition coefficient (Wildman–Crippen LogP) is 3.15. The minimum absolute atomic E-state index is 0.00227. The molecule has 7 nitrogen and oxygen atoms in total. The molecule has 0 fully saturated rings. The number of aromatic nitrogens is 2. The molecule has 0 aliphatic rings. The highest BCUT2D eigenvalue weighted by Gasteiger charge is 2.21. The number of nitrogens with zero attached hydrogens (tertiary/aromatic N) is 2. The lowest BCUT2D eigenvalue weighted by molar-refractivity contribution is -0.137. The van der Waals surface area contributed by atoms with E-state index in [0.717, 1.165) is 17.4 Å². The molecular formula is C17H16FN3O4S2. The van der Waals surface area contributed by atoms with Crippen LogP contribution in [-0.2, 0) is 26.6 Å². The van der Waals surface area contributed by atoms with E-state index in [1.165, 1.54) is 24.5 Å². The SMILES string of the molecule is CCOC(=O)/C=C/c1c(NS(=O)(=O)c2cccs2)cc2c(ncn2C)c1F. The second kappa shape index (κ2) is 7.49. The summed E-state index contributed by atoms with van der Waals surface area (Å²) in [5.41, 5.74) is 0.372. The minimum atomic E-state index is -3.90. The number of imidazole rings is 1. The van der Waals surface area contributed by atoms with Gasteiger partial charge in [0.15, 0.2) is 5.82 Å². The summed E-state index contributed by atoms with van der Waals surface area (Å²) in [5, 5.41) is 1.63. The Hall–Kier alpha value is -2.72. The van der Waals surface area contributed by atoms with Gasteiger partial charge in [-0.2, -0.15) is 0 Å². The molecule has 3 rings (SSSR count). The Morgan fingerprint density at radius 1 is 1.48 bits per heavy atom. The van der Waals surface area contributed by atoms with Crippen LogP contribution in [0.5, 0.6) is 0 Å². The number of halogens is 1. The molecule has 0 radical (unpaired) electrons. The average molecular weight is 409 g/mol. The van der Waals surface area contributed by atoms with Gasteiger partial charge in [0.1, 0.15) is 9.73 Å². The monoisotopic (exact) mass is 409 g/mol. The Labute approximate surface area is 159 Å². The van der Waals surface area contributed by atoms with Crippen LogP contribution in [0.1, 0.15) is 12.5 Å². The highest BCUT2D eigenvalue weighted by molar-refractivity contribution is 7.94. The van der Waals surface area contributed by atoms with Crippen molar-refractivity contribution in [1.82, 2.24) is 9.55 Å². The van der Waals surface area contributed by atoms with E-state index in [9.17, 15) is 17.6 Å². The fourth-order valence-corrected chi connectivity index (χ4v) is 4.50. The van der Waals surface area contributed by atoms with Gasteiger partial charge in [-0.05, 0) is 30.5 Å². The molecule has 0 aliphatic heterocycles. The van der Waals surface area contributed by atoms with E-state index in [1.54, 1.807) is 30.0 Å². The van der Waals surface area contributed by atoms with E-state index in [0.29, 0.717) is 5.52 Å². The number of sulfonamides is 1. The van der Waals surface area contributed by atoms with Gasteiger partial charge in [-0.15, -0.1) is 11.3 Å². The third-order valence-corrected chi connectivity index (χ3v) is 6.44. The molecule has 0 aliphatic carbocycles.